The Hall–Kier alpha value is -3.28. The zero-order valence-electron chi connectivity index (χ0n) is 14.7. The van der Waals surface area contributed by atoms with Crippen LogP contribution in [0.25, 0.3) is 0 Å². The smallest absolute Gasteiger partial charge is 0.254 e. The lowest BCUT2D eigenvalue weighted by molar-refractivity contribution is 0.0950. The summed E-state index contributed by atoms with van der Waals surface area (Å²) < 4.78 is 12.9. The first-order valence-electron chi connectivity index (χ1n) is 8.85. The van der Waals surface area contributed by atoms with Crippen LogP contribution in [0, 0.1) is 5.82 Å². The molecule has 0 aliphatic carbocycles. The van der Waals surface area contributed by atoms with Crippen molar-refractivity contribution < 1.29 is 9.18 Å². The minimum atomic E-state index is -0.297. The van der Waals surface area contributed by atoms with Crippen molar-refractivity contribution in [2.45, 2.75) is 19.5 Å². The van der Waals surface area contributed by atoms with Crippen LogP contribution in [0.5, 0.6) is 0 Å². The van der Waals surface area contributed by atoms with Crippen LogP contribution < -0.4 is 10.2 Å². The van der Waals surface area contributed by atoms with E-state index in [1.807, 2.05) is 6.07 Å². The van der Waals surface area contributed by atoms with E-state index >= 15 is 0 Å². The molecule has 6 heteroatoms. The van der Waals surface area contributed by atoms with Gasteiger partial charge in [0.2, 0.25) is 5.95 Å². The Morgan fingerprint density at radius 3 is 2.48 bits per heavy atom. The zero-order valence-corrected chi connectivity index (χ0v) is 14.7. The molecule has 1 aliphatic rings. The number of benzene rings is 2. The van der Waals surface area contributed by atoms with E-state index in [1.54, 1.807) is 24.5 Å². The molecule has 0 saturated heterocycles. The Bertz CT molecular complexity index is 941. The maximum absolute atomic E-state index is 12.9. The zero-order chi connectivity index (χ0) is 18.6. The lowest BCUT2D eigenvalue weighted by atomic mass is 10.0. The number of amides is 1. The number of halogens is 1. The number of aromatic nitrogens is 2. The summed E-state index contributed by atoms with van der Waals surface area (Å²) in [6.07, 6.45) is 4.05. The molecule has 27 heavy (non-hydrogen) atoms. The Kier molecular flexibility index (Phi) is 4.78. The summed E-state index contributed by atoms with van der Waals surface area (Å²) in [7, 11) is 0. The topological polar surface area (TPSA) is 58.1 Å². The van der Waals surface area contributed by atoms with E-state index in [-0.39, 0.29) is 11.7 Å². The van der Waals surface area contributed by atoms with Crippen molar-refractivity contribution in [3.63, 3.8) is 0 Å². The molecule has 0 unspecified atom stereocenters. The highest BCUT2D eigenvalue weighted by molar-refractivity contribution is 5.93. The van der Waals surface area contributed by atoms with Gasteiger partial charge in [0.05, 0.1) is 5.56 Å². The summed E-state index contributed by atoms with van der Waals surface area (Å²) >= 11 is 0. The van der Waals surface area contributed by atoms with Crippen LogP contribution in [0.15, 0.2) is 60.9 Å². The molecule has 0 spiro atoms. The molecule has 0 fully saturated rings. The summed E-state index contributed by atoms with van der Waals surface area (Å²) in [6.45, 7) is 1.95. The van der Waals surface area contributed by atoms with Gasteiger partial charge in [0.25, 0.3) is 5.91 Å². The number of nitrogens with one attached hydrogen (secondary N) is 1. The summed E-state index contributed by atoms with van der Waals surface area (Å²) in [6, 6.07) is 14.4. The number of fused-ring (bicyclic) bond motifs is 1. The minimum absolute atomic E-state index is 0.255. The maximum atomic E-state index is 12.9. The Morgan fingerprint density at radius 2 is 1.74 bits per heavy atom. The van der Waals surface area contributed by atoms with Crippen molar-refractivity contribution in [2.75, 3.05) is 11.4 Å². The number of hydrogen-bond donors (Lipinski definition) is 1. The van der Waals surface area contributed by atoms with Gasteiger partial charge < -0.3 is 10.2 Å². The molecular formula is C21H19FN4O. The number of nitrogens with zero attached hydrogens (tertiary/aromatic N) is 3. The van der Waals surface area contributed by atoms with Crippen molar-refractivity contribution in [1.82, 2.24) is 15.3 Å². The summed E-state index contributed by atoms with van der Waals surface area (Å²) in [5, 5.41) is 2.79. The van der Waals surface area contributed by atoms with Crippen LogP contribution in [0.2, 0.25) is 0 Å². The first kappa shape index (κ1) is 17.1. The van der Waals surface area contributed by atoms with Gasteiger partial charge in [-0.1, -0.05) is 36.4 Å². The highest BCUT2D eigenvalue weighted by atomic mass is 19.1. The number of carbonyl (C=O) groups is 1. The number of rotatable bonds is 4. The molecule has 5 nitrogen and oxygen atoms in total. The molecule has 136 valence electrons. The molecule has 0 bridgehead atoms. The molecule has 1 amide bonds. The fraction of sp³-hybridized carbons (Fsp3) is 0.190. The minimum Gasteiger partial charge on any atom is -0.348 e. The van der Waals surface area contributed by atoms with Gasteiger partial charge in [0.1, 0.15) is 5.82 Å². The highest BCUT2D eigenvalue weighted by Gasteiger charge is 2.18. The van der Waals surface area contributed by atoms with Crippen LogP contribution in [-0.2, 0) is 19.5 Å². The molecule has 1 aromatic heterocycles. The van der Waals surface area contributed by atoms with Gasteiger partial charge in [0.15, 0.2) is 0 Å². The summed E-state index contributed by atoms with van der Waals surface area (Å²) in [5.41, 5.74) is 3.88. The molecule has 2 heterocycles. The molecule has 1 aliphatic heterocycles. The fourth-order valence-electron chi connectivity index (χ4n) is 3.15. The van der Waals surface area contributed by atoms with Crippen LogP contribution in [0.4, 0.5) is 10.3 Å². The van der Waals surface area contributed by atoms with Crippen LogP contribution >= 0.6 is 0 Å². The van der Waals surface area contributed by atoms with E-state index in [4.69, 9.17) is 0 Å². The van der Waals surface area contributed by atoms with Gasteiger partial charge in [-0.05, 0) is 35.2 Å². The third kappa shape index (κ3) is 3.95. The third-order valence-electron chi connectivity index (χ3n) is 4.68. The van der Waals surface area contributed by atoms with Crippen molar-refractivity contribution in [2.24, 2.45) is 0 Å². The van der Waals surface area contributed by atoms with Crippen molar-refractivity contribution in [3.05, 3.63) is 89.0 Å². The summed E-state index contributed by atoms with van der Waals surface area (Å²) in [4.78, 5) is 23.1. The largest absolute Gasteiger partial charge is 0.348 e. The average molecular weight is 362 g/mol. The van der Waals surface area contributed by atoms with Gasteiger partial charge in [-0.3, -0.25) is 4.79 Å². The first-order valence-corrected chi connectivity index (χ1v) is 8.85. The Morgan fingerprint density at radius 1 is 1.04 bits per heavy atom. The van der Waals surface area contributed by atoms with Crippen molar-refractivity contribution in [1.29, 1.82) is 0 Å². The predicted molar refractivity (Wildman–Crippen MR) is 101 cm³/mol. The molecule has 4 rings (SSSR count). The monoisotopic (exact) mass is 362 g/mol. The Balaban J connectivity index is 1.38. The normalized spacial score (nSPS) is 13.1. The van der Waals surface area contributed by atoms with Gasteiger partial charge in [-0.2, -0.15) is 0 Å². The lowest BCUT2D eigenvalue weighted by Crippen LogP contribution is -2.32. The highest BCUT2D eigenvalue weighted by Crippen LogP contribution is 2.21. The van der Waals surface area contributed by atoms with E-state index in [9.17, 15) is 9.18 Å². The summed E-state index contributed by atoms with van der Waals surface area (Å²) in [5.74, 6) is 0.0730. The van der Waals surface area contributed by atoms with Gasteiger partial charge in [0, 0.05) is 32.0 Å². The standard InChI is InChI=1S/C21H19FN4O/c22-19-7-5-15(6-8-19)11-23-20(27)18-12-24-21(25-13-18)26-10-9-16-3-1-2-4-17(16)14-26/h1-8,12-13H,9-11,14H2,(H,23,27). The number of hydrogen-bond acceptors (Lipinski definition) is 4. The average Bonchev–Trinajstić information content (AvgIpc) is 2.73. The van der Waals surface area contributed by atoms with Crippen LogP contribution in [-0.4, -0.2) is 22.4 Å². The molecule has 0 radical (unpaired) electrons. The lowest BCUT2D eigenvalue weighted by Gasteiger charge is -2.28. The Labute approximate surface area is 156 Å². The second kappa shape index (κ2) is 7.53. The van der Waals surface area contributed by atoms with Gasteiger partial charge in [-0.25, -0.2) is 14.4 Å². The molecular weight excluding hydrogens is 343 g/mol. The van der Waals surface area contributed by atoms with Gasteiger partial charge >= 0.3 is 0 Å². The first-order chi connectivity index (χ1) is 13.2. The quantitative estimate of drug-likeness (QED) is 0.775. The number of anilines is 1. The molecule has 0 atom stereocenters. The van der Waals surface area contributed by atoms with Crippen LogP contribution in [0.1, 0.15) is 27.0 Å². The van der Waals surface area contributed by atoms with E-state index in [0.717, 1.165) is 25.1 Å². The van der Waals surface area contributed by atoms with E-state index in [0.29, 0.717) is 18.1 Å². The van der Waals surface area contributed by atoms with Crippen molar-refractivity contribution >= 4 is 11.9 Å². The number of carbonyl (C=O) groups excluding carboxylic acids is 1. The van der Waals surface area contributed by atoms with E-state index in [1.165, 1.54) is 23.3 Å². The molecule has 3 aromatic rings. The van der Waals surface area contributed by atoms with E-state index < -0.39 is 0 Å². The van der Waals surface area contributed by atoms with Crippen LogP contribution in [0.3, 0.4) is 0 Å². The molecule has 1 N–H and O–H groups in total. The SMILES string of the molecule is O=C(NCc1ccc(F)cc1)c1cnc(N2CCc3ccccc3C2)nc1. The fourth-order valence-corrected chi connectivity index (χ4v) is 3.15. The van der Waals surface area contributed by atoms with Gasteiger partial charge in [-0.15, -0.1) is 0 Å². The third-order valence-corrected chi connectivity index (χ3v) is 4.68. The second-order valence-corrected chi connectivity index (χ2v) is 6.52. The van der Waals surface area contributed by atoms with E-state index in [2.05, 4.69) is 38.4 Å². The second-order valence-electron chi connectivity index (χ2n) is 6.52. The molecule has 0 saturated carbocycles. The van der Waals surface area contributed by atoms with Crippen molar-refractivity contribution in [3.8, 4) is 0 Å². The predicted octanol–water partition coefficient (Wildman–Crippen LogP) is 3.11. The molecule has 2 aromatic carbocycles. The maximum Gasteiger partial charge on any atom is 0.254 e.